The summed E-state index contributed by atoms with van der Waals surface area (Å²) in [5.74, 6) is -1.46. The molecule has 1 heterocycles. The summed E-state index contributed by atoms with van der Waals surface area (Å²) >= 11 is 0. The summed E-state index contributed by atoms with van der Waals surface area (Å²) in [6.45, 7) is 0. The fourth-order valence-corrected chi connectivity index (χ4v) is 3.11. The van der Waals surface area contributed by atoms with Crippen LogP contribution in [0.2, 0.25) is 0 Å². The van der Waals surface area contributed by atoms with Crippen molar-refractivity contribution in [3.63, 3.8) is 0 Å². The molecule has 0 aliphatic carbocycles. The second kappa shape index (κ2) is 3.20. The van der Waals surface area contributed by atoms with Crippen LogP contribution in [-0.2, 0) is 14.6 Å². The van der Waals surface area contributed by atoms with Crippen LogP contribution < -0.4 is 5.73 Å². The van der Waals surface area contributed by atoms with Crippen molar-refractivity contribution in [3.8, 4) is 0 Å². The summed E-state index contributed by atoms with van der Waals surface area (Å²) in [4.78, 5) is 10.1. The molecule has 0 bridgehead atoms. The molecular formula is C5H10ClNO4S. The maximum atomic E-state index is 10.6. The summed E-state index contributed by atoms with van der Waals surface area (Å²) in [5.41, 5.74) is 4.41. The summed E-state index contributed by atoms with van der Waals surface area (Å²) in [5, 5.41) is 8.31. The van der Waals surface area contributed by atoms with Crippen molar-refractivity contribution in [1.82, 2.24) is 0 Å². The molecule has 1 aliphatic heterocycles. The highest BCUT2D eigenvalue weighted by Crippen LogP contribution is 2.23. The molecule has 0 aromatic carbocycles. The molecule has 5 nitrogen and oxygen atoms in total. The summed E-state index contributed by atoms with van der Waals surface area (Å²) < 4.78 is 21.2. The van der Waals surface area contributed by atoms with Crippen LogP contribution in [0.4, 0.5) is 0 Å². The second-order valence-corrected chi connectivity index (χ2v) is 5.03. The normalized spacial score (nSPS) is 23.4. The number of sulfone groups is 1. The molecule has 0 unspecified atom stereocenters. The van der Waals surface area contributed by atoms with Gasteiger partial charge in [0, 0.05) is 0 Å². The fourth-order valence-electron chi connectivity index (χ4n) is 1.24. The molecule has 0 spiro atoms. The highest BCUT2D eigenvalue weighted by molar-refractivity contribution is 7.93. The van der Waals surface area contributed by atoms with Gasteiger partial charge in [0.15, 0.2) is 9.84 Å². The third-order valence-corrected chi connectivity index (χ3v) is 3.55. The number of aliphatic carboxylic acids is 1. The van der Waals surface area contributed by atoms with Gasteiger partial charge < -0.3 is 10.8 Å². The minimum atomic E-state index is -3.02. The lowest BCUT2D eigenvalue weighted by Gasteiger charge is -2.35. The van der Waals surface area contributed by atoms with E-state index in [0.717, 1.165) is 0 Å². The average molecular weight is 216 g/mol. The van der Waals surface area contributed by atoms with Crippen molar-refractivity contribution >= 4 is 28.2 Å². The first-order valence-corrected chi connectivity index (χ1v) is 4.86. The lowest BCUT2D eigenvalue weighted by Crippen LogP contribution is -2.62. The van der Waals surface area contributed by atoms with Gasteiger partial charge in [0.2, 0.25) is 0 Å². The van der Waals surface area contributed by atoms with E-state index < -0.39 is 21.3 Å². The first-order valence-electron chi connectivity index (χ1n) is 3.04. The molecule has 0 amide bonds. The van der Waals surface area contributed by atoms with Gasteiger partial charge in [-0.1, -0.05) is 0 Å². The number of carbonyl (C=O) groups is 1. The van der Waals surface area contributed by atoms with Crippen molar-refractivity contribution < 1.29 is 18.3 Å². The number of halogens is 1. The molecule has 7 heteroatoms. The molecular weight excluding hydrogens is 206 g/mol. The van der Waals surface area contributed by atoms with Crippen molar-refractivity contribution in [3.05, 3.63) is 0 Å². The maximum absolute atomic E-state index is 10.6. The van der Waals surface area contributed by atoms with Gasteiger partial charge in [-0.05, 0) is 0 Å². The first-order chi connectivity index (χ1) is 4.83. The van der Waals surface area contributed by atoms with Crippen LogP contribution in [-0.4, -0.2) is 36.5 Å². The lowest BCUT2D eigenvalue weighted by molar-refractivity contribution is -0.138. The van der Waals surface area contributed by atoms with E-state index in [-0.39, 0.29) is 30.3 Å². The Balaban J connectivity index is 0.00000121. The molecule has 1 fully saturated rings. The van der Waals surface area contributed by atoms with Gasteiger partial charge >= 0.3 is 5.97 Å². The Bertz CT molecular complexity index is 274. The predicted octanol–water partition coefficient (Wildman–Crippen LogP) is -0.991. The average Bonchev–Trinajstić information content (AvgIpc) is 1.52. The molecule has 1 rings (SSSR count). The van der Waals surface area contributed by atoms with Gasteiger partial charge in [-0.3, -0.25) is 4.79 Å². The third kappa shape index (κ3) is 2.62. The highest BCUT2D eigenvalue weighted by Gasteiger charge is 2.46. The minimum Gasteiger partial charge on any atom is -0.481 e. The standard InChI is InChI=1S/C5H9NO4S.ClH/c6-5(1-4(7)8)2-11(9,10)3-5;/h1-3,6H2,(H,7,8);1H. The van der Waals surface area contributed by atoms with Crippen LogP contribution in [0.5, 0.6) is 0 Å². The Morgan fingerprint density at radius 3 is 2.17 bits per heavy atom. The monoisotopic (exact) mass is 215 g/mol. The highest BCUT2D eigenvalue weighted by atomic mass is 35.5. The Morgan fingerprint density at radius 1 is 1.50 bits per heavy atom. The first kappa shape index (κ1) is 11.7. The zero-order valence-corrected chi connectivity index (χ0v) is 7.82. The van der Waals surface area contributed by atoms with Crippen LogP contribution in [0.3, 0.4) is 0 Å². The van der Waals surface area contributed by atoms with Crippen molar-refractivity contribution in [1.29, 1.82) is 0 Å². The smallest absolute Gasteiger partial charge is 0.305 e. The van der Waals surface area contributed by atoms with Crippen LogP contribution in [0.1, 0.15) is 6.42 Å². The molecule has 0 radical (unpaired) electrons. The molecule has 1 aliphatic rings. The number of hydrogen-bond acceptors (Lipinski definition) is 4. The number of nitrogens with two attached hydrogens (primary N) is 1. The Morgan fingerprint density at radius 2 is 1.92 bits per heavy atom. The maximum Gasteiger partial charge on any atom is 0.305 e. The molecule has 12 heavy (non-hydrogen) atoms. The van der Waals surface area contributed by atoms with Crippen molar-refractivity contribution in [2.75, 3.05) is 11.5 Å². The van der Waals surface area contributed by atoms with Crippen LogP contribution in [0, 0.1) is 0 Å². The Hall–Kier alpha value is -0.330. The topological polar surface area (TPSA) is 97.5 Å². The van der Waals surface area contributed by atoms with E-state index in [2.05, 4.69) is 0 Å². The van der Waals surface area contributed by atoms with E-state index >= 15 is 0 Å². The summed E-state index contributed by atoms with van der Waals surface area (Å²) in [7, 11) is -3.02. The zero-order chi connectivity index (χ0) is 8.70. The van der Waals surface area contributed by atoms with E-state index in [4.69, 9.17) is 10.8 Å². The van der Waals surface area contributed by atoms with Crippen molar-refractivity contribution in [2.24, 2.45) is 5.73 Å². The molecule has 0 aromatic heterocycles. The zero-order valence-electron chi connectivity index (χ0n) is 6.19. The van der Waals surface area contributed by atoms with E-state index in [1.807, 2.05) is 0 Å². The van der Waals surface area contributed by atoms with Gasteiger partial charge in [-0.2, -0.15) is 0 Å². The molecule has 1 saturated heterocycles. The summed E-state index contributed by atoms with van der Waals surface area (Å²) in [6.07, 6.45) is -0.272. The molecule has 72 valence electrons. The SMILES string of the molecule is Cl.NC1(CC(=O)O)CS(=O)(=O)C1. The van der Waals surface area contributed by atoms with Gasteiger partial charge in [-0.15, -0.1) is 12.4 Å². The van der Waals surface area contributed by atoms with Gasteiger partial charge in [0.25, 0.3) is 0 Å². The number of carboxylic acid groups (broad SMARTS) is 1. The quantitative estimate of drug-likeness (QED) is 0.617. The van der Waals surface area contributed by atoms with E-state index in [9.17, 15) is 13.2 Å². The second-order valence-electron chi connectivity index (χ2n) is 2.97. The number of carboxylic acids is 1. The van der Waals surface area contributed by atoms with Crippen molar-refractivity contribution in [2.45, 2.75) is 12.0 Å². The van der Waals surface area contributed by atoms with Crippen LogP contribution in [0.25, 0.3) is 0 Å². The molecule has 0 atom stereocenters. The molecule has 0 aromatic rings. The number of rotatable bonds is 2. The molecule has 3 N–H and O–H groups in total. The lowest BCUT2D eigenvalue weighted by atomic mass is 10.0. The van der Waals surface area contributed by atoms with E-state index in [1.54, 1.807) is 0 Å². The summed E-state index contributed by atoms with van der Waals surface area (Å²) in [6, 6.07) is 0. The largest absolute Gasteiger partial charge is 0.481 e. The van der Waals surface area contributed by atoms with Gasteiger partial charge in [0.1, 0.15) is 0 Å². The minimum absolute atomic E-state index is 0. The van der Waals surface area contributed by atoms with Gasteiger partial charge in [0.05, 0.1) is 23.5 Å². The third-order valence-electron chi connectivity index (χ3n) is 1.52. The molecule has 0 saturated carbocycles. The van der Waals surface area contributed by atoms with E-state index in [1.165, 1.54) is 0 Å². The van der Waals surface area contributed by atoms with E-state index in [0.29, 0.717) is 0 Å². The predicted molar refractivity (Wildman–Crippen MR) is 45.1 cm³/mol. The van der Waals surface area contributed by atoms with Crippen LogP contribution in [0.15, 0.2) is 0 Å². The Labute approximate surface area is 76.3 Å². The van der Waals surface area contributed by atoms with Gasteiger partial charge in [-0.25, -0.2) is 8.42 Å². The fraction of sp³-hybridized carbons (Fsp3) is 0.800. The van der Waals surface area contributed by atoms with Crippen LogP contribution >= 0.6 is 12.4 Å². The Kier molecular flexibility index (Phi) is 3.11. The number of hydrogen-bond donors (Lipinski definition) is 2.